The van der Waals surface area contributed by atoms with E-state index in [1.807, 2.05) is 12.4 Å². The number of nitrogens with one attached hydrogen (secondary N) is 2. The summed E-state index contributed by atoms with van der Waals surface area (Å²) in [5.41, 5.74) is 7.51. The van der Waals surface area contributed by atoms with E-state index in [0.29, 0.717) is 12.0 Å². The van der Waals surface area contributed by atoms with E-state index >= 15 is 0 Å². The molecule has 0 amide bonds. The average Bonchev–Trinajstić information content (AvgIpc) is 2.69. The lowest BCUT2D eigenvalue weighted by atomic mass is 9.82. The predicted molar refractivity (Wildman–Crippen MR) is 109 cm³/mol. The third-order valence-electron chi connectivity index (χ3n) is 5.13. The number of nitrogens with zero attached hydrogens (tertiary/aromatic N) is 2. The van der Waals surface area contributed by atoms with Crippen LogP contribution in [-0.4, -0.2) is 16.0 Å². The Morgan fingerprint density at radius 2 is 1.78 bits per heavy atom. The molecule has 136 valence electrons. The predicted octanol–water partition coefficient (Wildman–Crippen LogP) is 4.16. The number of rotatable bonds is 5. The van der Waals surface area contributed by atoms with Gasteiger partial charge in [-0.2, -0.15) is 0 Å². The van der Waals surface area contributed by atoms with Crippen LogP contribution in [0.25, 0.3) is 11.1 Å². The summed E-state index contributed by atoms with van der Waals surface area (Å²) >= 11 is 0. The first-order chi connectivity index (χ1) is 13.2. The van der Waals surface area contributed by atoms with Gasteiger partial charge in [0.2, 0.25) is 0 Å². The highest BCUT2D eigenvalue weighted by Gasteiger charge is 2.33. The normalized spacial score (nSPS) is 20.0. The van der Waals surface area contributed by atoms with Crippen LogP contribution in [0.5, 0.6) is 0 Å². The van der Waals surface area contributed by atoms with Gasteiger partial charge >= 0.3 is 0 Å². The summed E-state index contributed by atoms with van der Waals surface area (Å²) in [6.45, 7) is 5.10. The van der Waals surface area contributed by atoms with Crippen molar-refractivity contribution >= 4 is 0 Å². The molecule has 4 heteroatoms. The van der Waals surface area contributed by atoms with E-state index in [9.17, 15) is 0 Å². The van der Waals surface area contributed by atoms with Crippen molar-refractivity contribution in [2.45, 2.75) is 32.4 Å². The molecule has 4 rings (SSSR count). The highest BCUT2D eigenvalue weighted by atomic mass is 15.0. The molecule has 2 aromatic carbocycles. The summed E-state index contributed by atoms with van der Waals surface area (Å²) in [5.74, 6) is 0.399. The number of hydrogen-bond donors (Lipinski definition) is 2. The van der Waals surface area contributed by atoms with Crippen LogP contribution >= 0.6 is 0 Å². The van der Waals surface area contributed by atoms with E-state index in [1.54, 1.807) is 6.33 Å². The van der Waals surface area contributed by atoms with Crippen LogP contribution in [0.1, 0.15) is 29.5 Å². The first kappa shape index (κ1) is 17.3. The van der Waals surface area contributed by atoms with Crippen molar-refractivity contribution in [3.63, 3.8) is 0 Å². The molecule has 0 saturated carbocycles. The maximum atomic E-state index is 4.04. The number of benzene rings is 2. The van der Waals surface area contributed by atoms with Crippen molar-refractivity contribution in [1.82, 2.24) is 20.6 Å². The van der Waals surface area contributed by atoms with Gasteiger partial charge in [-0.25, -0.2) is 9.97 Å². The fourth-order valence-electron chi connectivity index (χ4n) is 3.68. The third kappa shape index (κ3) is 3.70. The molecule has 2 unspecified atom stereocenters. The van der Waals surface area contributed by atoms with Crippen LogP contribution in [-0.2, 0) is 6.54 Å². The molecule has 27 heavy (non-hydrogen) atoms. The molecule has 1 aliphatic rings. The van der Waals surface area contributed by atoms with E-state index in [-0.39, 0.29) is 0 Å². The molecular weight excluding hydrogens is 332 g/mol. The highest BCUT2D eigenvalue weighted by molar-refractivity contribution is 5.67. The standard InChI is InChI=1S/C23H24N4/c1-16-5-3-4-6-21(16)19-7-9-20(10-8-19)23-17(2)27-22(23)14-24-11-18-12-25-15-26-13-18/h3-10,12-15,17,23-24,27H,11H2,1-2H3/b22-14-. The van der Waals surface area contributed by atoms with Gasteiger partial charge in [0, 0.05) is 48.4 Å². The van der Waals surface area contributed by atoms with Crippen molar-refractivity contribution < 1.29 is 0 Å². The zero-order valence-electron chi connectivity index (χ0n) is 15.7. The molecule has 4 nitrogen and oxygen atoms in total. The van der Waals surface area contributed by atoms with Gasteiger partial charge in [-0.1, -0.05) is 48.5 Å². The van der Waals surface area contributed by atoms with Gasteiger partial charge in [-0.3, -0.25) is 0 Å². The molecule has 3 aromatic rings. The summed E-state index contributed by atoms with van der Waals surface area (Å²) in [6, 6.07) is 17.9. The summed E-state index contributed by atoms with van der Waals surface area (Å²) in [7, 11) is 0. The molecule has 0 radical (unpaired) electrons. The smallest absolute Gasteiger partial charge is 0.115 e. The van der Waals surface area contributed by atoms with E-state index in [1.165, 1.54) is 28.0 Å². The van der Waals surface area contributed by atoms with Crippen LogP contribution in [0.4, 0.5) is 0 Å². The Morgan fingerprint density at radius 1 is 1.04 bits per heavy atom. The number of aryl methyl sites for hydroxylation is 1. The number of aromatic nitrogens is 2. The molecular formula is C23H24N4. The third-order valence-corrected chi connectivity index (χ3v) is 5.13. The van der Waals surface area contributed by atoms with Crippen LogP contribution < -0.4 is 10.6 Å². The Kier molecular flexibility index (Phi) is 4.88. The molecule has 1 aliphatic heterocycles. The lowest BCUT2D eigenvalue weighted by molar-refractivity contribution is 0.409. The maximum absolute atomic E-state index is 4.04. The summed E-state index contributed by atoms with van der Waals surface area (Å²) in [6.07, 6.45) is 7.29. The Labute approximate surface area is 160 Å². The quantitative estimate of drug-likeness (QED) is 0.721. The van der Waals surface area contributed by atoms with Crippen molar-refractivity contribution in [2.24, 2.45) is 0 Å². The fraction of sp³-hybridized carbons (Fsp3) is 0.217. The molecule has 1 saturated heterocycles. The van der Waals surface area contributed by atoms with Gasteiger partial charge in [0.1, 0.15) is 6.33 Å². The van der Waals surface area contributed by atoms with Gasteiger partial charge in [0.15, 0.2) is 0 Å². The molecule has 1 aromatic heterocycles. The molecule has 2 heterocycles. The second-order valence-corrected chi connectivity index (χ2v) is 7.07. The fourth-order valence-corrected chi connectivity index (χ4v) is 3.68. The van der Waals surface area contributed by atoms with Crippen molar-refractivity contribution in [3.8, 4) is 11.1 Å². The molecule has 2 N–H and O–H groups in total. The Hall–Kier alpha value is -3.14. The molecule has 0 spiro atoms. The summed E-state index contributed by atoms with van der Waals surface area (Å²) in [4.78, 5) is 8.09. The topological polar surface area (TPSA) is 49.8 Å². The van der Waals surface area contributed by atoms with E-state index in [0.717, 1.165) is 12.1 Å². The molecule has 0 aliphatic carbocycles. The zero-order valence-corrected chi connectivity index (χ0v) is 15.7. The number of hydrogen-bond acceptors (Lipinski definition) is 4. The van der Waals surface area contributed by atoms with E-state index < -0.39 is 0 Å². The minimum Gasteiger partial charge on any atom is -0.385 e. The maximum Gasteiger partial charge on any atom is 0.115 e. The van der Waals surface area contributed by atoms with Crippen LogP contribution in [0.2, 0.25) is 0 Å². The van der Waals surface area contributed by atoms with Gasteiger partial charge in [-0.15, -0.1) is 0 Å². The first-order valence-corrected chi connectivity index (χ1v) is 9.32. The second kappa shape index (κ2) is 7.62. The highest BCUT2D eigenvalue weighted by Crippen LogP contribution is 2.35. The molecule has 0 bridgehead atoms. The average molecular weight is 356 g/mol. The van der Waals surface area contributed by atoms with E-state index in [2.05, 4.69) is 89.2 Å². The lowest BCUT2D eigenvalue weighted by Gasteiger charge is -2.40. The van der Waals surface area contributed by atoms with Crippen molar-refractivity contribution in [3.05, 3.63) is 95.8 Å². The minimum absolute atomic E-state index is 0.399. The Morgan fingerprint density at radius 3 is 2.48 bits per heavy atom. The van der Waals surface area contributed by atoms with Gasteiger partial charge in [0.05, 0.1) is 0 Å². The Balaban J connectivity index is 1.47. The van der Waals surface area contributed by atoms with E-state index in [4.69, 9.17) is 0 Å². The minimum atomic E-state index is 0.399. The van der Waals surface area contributed by atoms with Crippen LogP contribution in [0, 0.1) is 6.92 Å². The zero-order chi connectivity index (χ0) is 18.6. The SMILES string of the molecule is Cc1ccccc1-c1ccc(C2/C(=C/NCc3cncnc3)NC2C)cc1. The lowest BCUT2D eigenvalue weighted by Crippen LogP contribution is -2.47. The molecule has 1 fully saturated rings. The van der Waals surface area contributed by atoms with Crippen molar-refractivity contribution in [1.29, 1.82) is 0 Å². The second-order valence-electron chi connectivity index (χ2n) is 7.07. The summed E-state index contributed by atoms with van der Waals surface area (Å²) < 4.78 is 0. The monoisotopic (exact) mass is 356 g/mol. The van der Waals surface area contributed by atoms with Gasteiger partial charge in [-0.05, 0) is 36.1 Å². The van der Waals surface area contributed by atoms with Gasteiger partial charge < -0.3 is 10.6 Å². The van der Waals surface area contributed by atoms with Crippen LogP contribution in [0.3, 0.4) is 0 Å². The first-order valence-electron chi connectivity index (χ1n) is 9.32. The molecule has 2 atom stereocenters. The largest absolute Gasteiger partial charge is 0.385 e. The summed E-state index contributed by atoms with van der Waals surface area (Å²) in [5, 5.41) is 6.86. The van der Waals surface area contributed by atoms with Crippen LogP contribution in [0.15, 0.2) is 79.1 Å². The van der Waals surface area contributed by atoms with Gasteiger partial charge in [0.25, 0.3) is 0 Å². The van der Waals surface area contributed by atoms with Crippen molar-refractivity contribution in [2.75, 3.05) is 0 Å². The Bertz CT molecular complexity index is 932.